The van der Waals surface area contributed by atoms with E-state index >= 15 is 0 Å². The third-order valence-electron chi connectivity index (χ3n) is 3.62. The van der Waals surface area contributed by atoms with Gasteiger partial charge in [0.25, 0.3) is 0 Å². The SMILES string of the molecule is CCNC(=NCC(C)(C)C(N)=O)NCC(C)Oc1ccccc1C.I. The van der Waals surface area contributed by atoms with Crippen LogP contribution in [0.4, 0.5) is 0 Å². The van der Waals surface area contributed by atoms with Crippen molar-refractivity contribution in [2.75, 3.05) is 19.6 Å². The van der Waals surface area contributed by atoms with Crippen molar-refractivity contribution in [1.82, 2.24) is 10.6 Å². The fraction of sp³-hybridized carbons (Fsp3) is 0.556. The van der Waals surface area contributed by atoms with Crippen molar-refractivity contribution in [2.45, 2.75) is 40.7 Å². The van der Waals surface area contributed by atoms with Crippen LogP contribution in [0.15, 0.2) is 29.3 Å². The summed E-state index contributed by atoms with van der Waals surface area (Å²) in [6.45, 7) is 11.2. The summed E-state index contributed by atoms with van der Waals surface area (Å²) in [6.07, 6.45) is -0.0286. The molecule has 1 aromatic rings. The maximum Gasteiger partial charge on any atom is 0.224 e. The van der Waals surface area contributed by atoms with Crippen LogP contribution >= 0.6 is 24.0 Å². The lowest BCUT2D eigenvalue weighted by molar-refractivity contribution is -0.125. The molecule has 0 aliphatic rings. The number of aryl methyl sites for hydroxylation is 1. The lowest BCUT2D eigenvalue weighted by Crippen LogP contribution is -2.43. The number of carbonyl (C=O) groups excluding carboxylic acids is 1. The predicted molar refractivity (Wildman–Crippen MR) is 114 cm³/mol. The molecule has 0 aliphatic heterocycles. The van der Waals surface area contributed by atoms with E-state index in [-0.39, 0.29) is 36.0 Å². The summed E-state index contributed by atoms with van der Waals surface area (Å²) in [5.74, 6) is 1.16. The minimum absolute atomic E-state index is 0. The minimum atomic E-state index is -0.675. The smallest absolute Gasteiger partial charge is 0.224 e. The van der Waals surface area contributed by atoms with E-state index in [1.54, 1.807) is 13.8 Å². The molecule has 0 aromatic heterocycles. The van der Waals surface area contributed by atoms with Gasteiger partial charge in [-0.25, -0.2) is 0 Å². The lowest BCUT2D eigenvalue weighted by Gasteiger charge is -2.21. The van der Waals surface area contributed by atoms with Gasteiger partial charge in [0.05, 0.1) is 18.5 Å². The number of hydrogen-bond donors (Lipinski definition) is 3. The topological polar surface area (TPSA) is 88.7 Å². The van der Waals surface area contributed by atoms with Crippen molar-refractivity contribution < 1.29 is 9.53 Å². The number of primary amides is 1. The van der Waals surface area contributed by atoms with Gasteiger partial charge in [-0.1, -0.05) is 18.2 Å². The first-order chi connectivity index (χ1) is 11.3. The molecule has 0 heterocycles. The van der Waals surface area contributed by atoms with Crippen LogP contribution in [0.25, 0.3) is 0 Å². The number of ether oxygens (including phenoxy) is 1. The number of nitrogens with one attached hydrogen (secondary N) is 2. The van der Waals surface area contributed by atoms with Crippen molar-refractivity contribution in [3.05, 3.63) is 29.8 Å². The highest BCUT2D eigenvalue weighted by Gasteiger charge is 2.24. The van der Waals surface area contributed by atoms with Crippen molar-refractivity contribution >= 4 is 35.8 Å². The zero-order chi connectivity index (χ0) is 18.2. The molecule has 1 unspecified atom stereocenters. The van der Waals surface area contributed by atoms with E-state index in [0.29, 0.717) is 19.0 Å². The van der Waals surface area contributed by atoms with E-state index in [9.17, 15) is 4.79 Å². The standard InChI is InChI=1S/C18H30N4O2.HI/c1-6-20-17(22-12-18(4,5)16(19)23)21-11-14(3)24-15-10-8-7-9-13(15)2;/h7-10,14H,6,11-12H2,1-5H3,(H2,19,23)(H2,20,21,22);1H. The first kappa shape index (κ1) is 23.5. The number of amides is 1. The van der Waals surface area contributed by atoms with E-state index < -0.39 is 5.41 Å². The summed E-state index contributed by atoms with van der Waals surface area (Å²) in [5.41, 5.74) is 5.81. The first-order valence-electron chi connectivity index (χ1n) is 8.30. The Morgan fingerprint density at radius 1 is 1.32 bits per heavy atom. The molecule has 4 N–H and O–H groups in total. The number of halogens is 1. The summed E-state index contributed by atoms with van der Waals surface area (Å²) in [7, 11) is 0. The number of hydrogen-bond acceptors (Lipinski definition) is 3. The summed E-state index contributed by atoms with van der Waals surface area (Å²) in [5, 5.41) is 6.39. The Kier molecular flexibility index (Phi) is 10.5. The van der Waals surface area contributed by atoms with Gasteiger partial charge in [0.2, 0.25) is 5.91 Å². The maximum atomic E-state index is 11.4. The molecule has 0 radical (unpaired) electrons. The van der Waals surface area contributed by atoms with Crippen molar-refractivity contribution in [2.24, 2.45) is 16.1 Å². The molecule has 1 atom stereocenters. The van der Waals surface area contributed by atoms with Gasteiger partial charge < -0.3 is 21.1 Å². The second-order valence-electron chi connectivity index (χ2n) is 6.52. The Balaban J connectivity index is 0.00000576. The summed E-state index contributed by atoms with van der Waals surface area (Å²) < 4.78 is 5.94. The van der Waals surface area contributed by atoms with Crippen LogP contribution in [-0.4, -0.2) is 37.6 Å². The zero-order valence-corrected chi connectivity index (χ0v) is 18.1. The van der Waals surface area contributed by atoms with E-state index in [2.05, 4.69) is 15.6 Å². The highest BCUT2D eigenvalue weighted by atomic mass is 127. The van der Waals surface area contributed by atoms with Crippen molar-refractivity contribution in [3.8, 4) is 5.75 Å². The Bertz CT molecular complexity index is 576. The van der Waals surface area contributed by atoms with Crippen molar-refractivity contribution in [3.63, 3.8) is 0 Å². The van der Waals surface area contributed by atoms with E-state index in [1.807, 2.05) is 45.0 Å². The lowest BCUT2D eigenvalue weighted by atomic mass is 9.93. The second kappa shape index (κ2) is 11.2. The third-order valence-corrected chi connectivity index (χ3v) is 3.62. The van der Waals surface area contributed by atoms with Crippen LogP contribution in [0.2, 0.25) is 0 Å². The monoisotopic (exact) mass is 462 g/mol. The molecular formula is C18H31IN4O2. The van der Waals surface area contributed by atoms with Crippen LogP contribution in [-0.2, 0) is 4.79 Å². The molecule has 142 valence electrons. The number of nitrogens with two attached hydrogens (primary N) is 1. The summed E-state index contributed by atoms with van der Waals surface area (Å²) in [6, 6.07) is 7.93. The highest BCUT2D eigenvalue weighted by molar-refractivity contribution is 14.0. The summed E-state index contributed by atoms with van der Waals surface area (Å²) in [4.78, 5) is 15.8. The average molecular weight is 462 g/mol. The number of nitrogens with zero attached hydrogens (tertiary/aromatic N) is 1. The molecule has 6 nitrogen and oxygen atoms in total. The van der Waals surface area contributed by atoms with Crippen LogP contribution in [0.5, 0.6) is 5.75 Å². The van der Waals surface area contributed by atoms with E-state index in [0.717, 1.165) is 17.9 Å². The van der Waals surface area contributed by atoms with Gasteiger partial charge in [0.1, 0.15) is 11.9 Å². The molecule has 0 spiro atoms. The van der Waals surface area contributed by atoms with Gasteiger partial charge in [0, 0.05) is 6.54 Å². The summed E-state index contributed by atoms with van der Waals surface area (Å²) >= 11 is 0. The highest BCUT2D eigenvalue weighted by Crippen LogP contribution is 2.17. The average Bonchev–Trinajstić information content (AvgIpc) is 2.52. The molecule has 1 rings (SSSR count). The van der Waals surface area contributed by atoms with Gasteiger partial charge in [0.15, 0.2) is 5.96 Å². The molecule has 0 aliphatic carbocycles. The van der Waals surface area contributed by atoms with Crippen LogP contribution < -0.4 is 21.1 Å². The molecular weight excluding hydrogens is 431 g/mol. The van der Waals surface area contributed by atoms with Gasteiger partial charge in [-0.2, -0.15) is 0 Å². The Morgan fingerprint density at radius 2 is 1.96 bits per heavy atom. The molecule has 0 bridgehead atoms. The third kappa shape index (κ3) is 8.42. The van der Waals surface area contributed by atoms with Gasteiger partial charge in [-0.3, -0.25) is 9.79 Å². The van der Waals surface area contributed by atoms with Crippen LogP contribution in [0.3, 0.4) is 0 Å². The minimum Gasteiger partial charge on any atom is -0.489 e. The zero-order valence-electron chi connectivity index (χ0n) is 15.8. The first-order valence-corrected chi connectivity index (χ1v) is 8.30. The van der Waals surface area contributed by atoms with Gasteiger partial charge in [-0.05, 0) is 46.2 Å². The molecule has 25 heavy (non-hydrogen) atoms. The quantitative estimate of drug-likeness (QED) is 0.315. The number of rotatable bonds is 8. The Morgan fingerprint density at radius 3 is 2.52 bits per heavy atom. The Hall–Kier alpha value is -1.51. The molecule has 0 saturated heterocycles. The predicted octanol–water partition coefficient (Wildman–Crippen LogP) is 2.45. The van der Waals surface area contributed by atoms with E-state index in [4.69, 9.17) is 10.5 Å². The van der Waals surface area contributed by atoms with Crippen LogP contribution in [0.1, 0.15) is 33.3 Å². The molecule has 7 heteroatoms. The molecule has 0 fully saturated rings. The maximum absolute atomic E-state index is 11.4. The number of para-hydroxylation sites is 1. The number of guanidine groups is 1. The second-order valence-corrected chi connectivity index (χ2v) is 6.52. The number of carbonyl (C=O) groups is 1. The number of benzene rings is 1. The Labute approximate surface area is 168 Å². The van der Waals surface area contributed by atoms with Crippen molar-refractivity contribution in [1.29, 1.82) is 0 Å². The molecule has 1 amide bonds. The normalized spacial score (nSPS) is 12.8. The van der Waals surface area contributed by atoms with E-state index in [1.165, 1.54) is 0 Å². The molecule has 1 aromatic carbocycles. The number of aliphatic imine (C=N–C) groups is 1. The van der Waals surface area contributed by atoms with Crippen LogP contribution in [0, 0.1) is 12.3 Å². The van der Waals surface area contributed by atoms with Gasteiger partial charge >= 0.3 is 0 Å². The molecule has 0 saturated carbocycles. The fourth-order valence-corrected chi connectivity index (χ4v) is 1.88. The van der Waals surface area contributed by atoms with Gasteiger partial charge in [-0.15, -0.1) is 24.0 Å². The largest absolute Gasteiger partial charge is 0.489 e. The fourth-order valence-electron chi connectivity index (χ4n) is 1.88.